The van der Waals surface area contributed by atoms with E-state index in [0.29, 0.717) is 12.6 Å². The highest BCUT2D eigenvalue weighted by Gasteiger charge is 2.33. The molecule has 0 saturated heterocycles. The molecule has 0 aliphatic heterocycles. The number of aliphatic imine (C=N–C) groups is 1. The van der Waals surface area contributed by atoms with Crippen molar-refractivity contribution in [2.75, 3.05) is 19.3 Å². The van der Waals surface area contributed by atoms with E-state index in [0.717, 1.165) is 18.4 Å². The van der Waals surface area contributed by atoms with Gasteiger partial charge in [0.25, 0.3) is 0 Å². The maximum Gasteiger partial charge on any atom is 0.416 e. The lowest BCUT2D eigenvalue weighted by Crippen LogP contribution is -2.53. The summed E-state index contributed by atoms with van der Waals surface area (Å²) in [6, 6.07) is 2.42. The highest BCUT2D eigenvalue weighted by molar-refractivity contribution is 14.0. The van der Waals surface area contributed by atoms with Gasteiger partial charge in [0.15, 0.2) is 5.96 Å². The zero-order valence-electron chi connectivity index (χ0n) is 15.9. The topological polar surface area (TPSA) is 82.6 Å². The van der Waals surface area contributed by atoms with Crippen molar-refractivity contribution < 1.29 is 26.0 Å². The number of rotatable bonds is 7. The molecule has 0 unspecified atom stereocenters. The van der Waals surface area contributed by atoms with Crippen LogP contribution in [0.2, 0.25) is 0 Å². The van der Waals surface area contributed by atoms with Gasteiger partial charge in [0.2, 0.25) is 10.0 Å². The van der Waals surface area contributed by atoms with Gasteiger partial charge in [0.05, 0.1) is 18.4 Å². The number of benzene rings is 1. The van der Waals surface area contributed by atoms with Gasteiger partial charge in [-0.25, -0.2) is 22.5 Å². The van der Waals surface area contributed by atoms with Crippen LogP contribution in [-0.2, 0) is 22.7 Å². The van der Waals surface area contributed by atoms with Crippen LogP contribution in [0.4, 0.5) is 17.6 Å². The fraction of sp³-hybridized carbons (Fsp3) is 0.562. The molecule has 3 N–H and O–H groups in total. The monoisotopic (exact) mass is 540 g/mol. The lowest BCUT2D eigenvalue weighted by molar-refractivity contribution is -0.138. The molecule has 162 valence electrons. The van der Waals surface area contributed by atoms with Crippen LogP contribution < -0.4 is 15.4 Å². The van der Waals surface area contributed by atoms with Crippen molar-refractivity contribution in [1.29, 1.82) is 0 Å². The first-order valence-electron chi connectivity index (χ1n) is 8.10. The third-order valence-electron chi connectivity index (χ3n) is 3.29. The molecule has 0 saturated carbocycles. The van der Waals surface area contributed by atoms with Gasteiger partial charge < -0.3 is 10.6 Å². The third-order valence-corrected chi connectivity index (χ3v) is 4.21. The quantitative estimate of drug-likeness (QED) is 0.215. The van der Waals surface area contributed by atoms with E-state index < -0.39 is 33.1 Å². The number of hydrogen-bond donors (Lipinski definition) is 3. The maximum atomic E-state index is 13.2. The molecule has 1 rings (SSSR count). The molecule has 6 nitrogen and oxygen atoms in total. The number of nitrogens with zero attached hydrogens (tertiary/aromatic N) is 1. The molecule has 0 aliphatic rings. The maximum absolute atomic E-state index is 13.2. The van der Waals surface area contributed by atoms with Gasteiger partial charge in [-0.15, -0.1) is 24.0 Å². The molecule has 0 spiro atoms. The molecule has 0 amide bonds. The zero-order valence-corrected chi connectivity index (χ0v) is 19.1. The summed E-state index contributed by atoms with van der Waals surface area (Å²) in [4.78, 5) is 4.08. The number of nitrogens with one attached hydrogen (secondary N) is 3. The number of sulfonamides is 1. The van der Waals surface area contributed by atoms with Crippen LogP contribution in [-0.4, -0.2) is 39.3 Å². The van der Waals surface area contributed by atoms with E-state index in [1.165, 1.54) is 0 Å². The Morgan fingerprint density at radius 2 is 1.79 bits per heavy atom. The van der Waals surface area contributed by atoms with Crippen LogP contribution in [0.1, 0.15) is 31.9 Å². The number of hydrogen-bond acceptors (Lipinski definition) is 3. The number of halogens is 5. The van der Waals surface area contributed by atoms with Gasteiger partial charge in [0.1, 0.15) is 5.82 Å². The largest absolute Gasteiger partial charge is 0.416 e. The third kappa shape index (κ3) is 9.87. The number of alkyl halides is 3. The first-order valence-corrected chi connectivity index (χ1v) is 9.99. The second-order valence-electron chi connectivity index (χ2n) is 6.61. The smallest absolute Gasteiger partial charge is 0.357 e. The summed E-state index contributed by atoms with van der Waals surface area (Å²) >= 11 is 0. The molecule has 0 heterocycles. The Hall–Kier alpha value is -1.15. The Morgan fingerprint density at radius 1 is 1.18 bits per heavy atom. The predicted molar refractivity (Wildman–Crippen MR) is 112 cm³/mol. The Kier molecular flexibility index (Phi) is 10.1. The zero-order chi connectivity index (χ0) is 20.9. The van der Waals surface area contributed by atoms with E-state index in [-0.39, 0.29) is 48.6 Å². The lowest BCUT2D eigenvalue weighted by Gasteiger charge is -2.26. The van der Waals surface area contributed by atoms with Crippen molar-refractivity contribution in [2.45, 2.75) is 39.0 Å². The summed E-state index contributed by atoms with van der Waals surface area (Å²) in [6.45, 7) is 5.32. The molecule has 0 radical (unpaired) electrons. The van der Waals surface area contributed by atoms with E-state index in [2.05, 4.69) is 20.3 Å². The highest BCUT2D eigenvalue weighted by atomic mass is 127. The SMILES string of the molecule is CCNC(=NCc1ccc(F)cc1C(F)(F)F)NCC(C)(C)NS(C)(=O)=O.I. The van der Waals surface area contributed by atoms with E-state index in [1.807, 2.05) is 0 Å². The normalized spacial score (nSPS) is 13.1. The molecular formula is C16H25F4IN4O2S. The summed E-state index contributed by atoms with van der Waals surface area (Å²) in [5.74, 6) is -0.771. The van der Waals surface area contributed by atoms with Crippen molar-refractivity contribution in [1.82, 2.24) is 15.4 Å². The van der Waals surface area contributed by atoms with Crippen LogP contribution in [0.5, 0.6) is 0 Å². The summed E-state index contributed by atoms with van der Waals surface area (Å²) < 4.78 is 77.5. The Bertz CT molecular complexity index is 783. The standard InChI is InChI=1S/C16H24F4N4O2S.HI/c1-5-21-14(23-10-15(2,3)24-27(4,25)26)22-9-11-6-7-12(17)8-13(11)16(18,19)20;/h6-8,24H,5,9-10H2,1-4H3,(H2,21,22,23);1H. The Labute approximate surface area is 179 Å². The van der Waals surface area contributed by atoms with Crippen molar-refractivity contribution in [3.05, 3.63) is 35.1 Å². The number of guanidine groups is 1. The van der Waals surface area contributed by atoms with Crippen LogP contribution in [0.25, 0.3) is 0 Å². The van der Waals surface area contributed by atoms with Gasteiger partial charge in [0, 0.05) is 18.6 Å². The van der Waals surface area contributed by atoms with E-state index in [9.17, 15) is 26.0 Å². The first kappa shape index (κ1) is 26.9. The van der Waals surface area contributed by atoms with Crippen LogP contribution in [0.15, 0.2) is 23.2 Å². The molecule has 0 bridgehead atoms. The Balaban J connectivity index is 0.00000729. The molecule has 1 aromatic carbocycles. The average Bonchev–Trinajstić information content (AvgIpc) is 2.47. The van der Waals surface area contributed by atoms with Crippen molar-refractivity contribution in [3.8, 4) is 0 Å². The molecule has 12 heteroatoms. The molecule has 0 aromatic heterocycles. The highest BCUT2D eigenvalue weighted by Crippen LogP contribution is 2.32. The van der Waals surface area contributed by atoms with Crippen molar-refractivity contribution in [2.24, 2.45) is 4.99 Å². The second kappa shape index (κ2) is 10.6. The molecule has 0 fully saturated rings. The summed E-state index contributed by atoms with van der Waals surface area (Å²) in [7, 11) is -3.43. The minimum Gasteiger partial charge on any atom is -0.357 e. The minimum atomic E-state index is -4.69. The summed E-state index contributed by atoms with van der Waals surface area (Å²) in [5.41, 5.74) is -2.10. The molecule has 0 aliphatic carbocycles. The van der Waals surface area contributed by atoms with Gasteiger partial charge in [-0.3, -0.25) is 0 Å². The van der Waals surface area contributed by atoms with Crippen LogP contribution in [0.3, 0.4) is 0 Å². The molecule has 0 atom stereocenters. The minimum absolute atomic E-state index is 0. The average molecular weight is 540 g/mol. The van der Waals surface area contributed by atoms with Gasteiger partial charge in [-0.05, 0) is 38.5 Å². The summed E-state index contributed by atoms with van der Waals surface area (Å²) in [5, 5.41) is 5.74. The Morgan fingerprint density at radius 3 is 2.29 bits per heavy atom. The second-order valence-corrected chi connectivity index (χ2v) is 8.35. The van der Waals surface area contributed by atoms with Crippen molar-refractivity contribution >= 4 is 40.0 Å². The summed E-state index contributed by atoms with van der Waals surface area (Å²) in [6.07, 6.45) is -3.67. The van der Waals surface area contributed by atoms with Crippen LogP contribution >= 0.6 is 24.0 Å². The van der Waals surface area contributed by atoms with Gasteiger partial charge in [-0.1, -0.05) is 6.07 Å². The van der Waals surface area contributed by atoms with Gasteiger partial charge in [-0.2, -0.15) is 13.2 Å². The van der Waals surface area contributed by atoms with Crippen LogP contribution in [0, 0.1) is 5.82 Å². The molecule has 28 heavy (non-hydrogen) atoms. The van der Waals surface area contributed by atoms with Crippen molar-refractivity contribution in [3.63, 3.8) is 0 Å². The van der Waals surface area contributed by atoms with E-state index in [1.54, 1.807) is 20.8 Å². The predicted octanol–water partition coefficient (Wildman–Crippen LogP) is 2.85. The molecular weight excluding hydrogens is 515 g/mol. The lowest BCUT2D eigenvalue weighted by atomic mass is 10.1. The fourth-order valence-electron chi connectivity index (χ4n) is 2.30. The molecule has 1 aromatic rings. The fourth-order valence-corrected chi connectivity index (χ4v) is 3.38. The van der Waals surface area contributed by atoms with Gasteiger partial charge >= 0.3 is 6.18 Å². The van der Waals surface area contributed by atoms with E-state index in [4.69, 9.17) is 0 Å². The first-order chi connectivity index (χ1) is 12.2. The van der Waals surface area contributed by atoms with E-state index >= 15 is 0 Å².